The van der Waals surface area contributed by atoms with Gasteiger partial charge in [-0.15, -0.1) is 0 Å². The fraction of sp³-hybridized carbons (Fsp3) is 0.0625. The van der Waals surface area contributed by atoms with Crippen molar-refractivity contribution in [3.63, 3.8) is 0 Å². The molecule has 1 aromatic heterocycles. The minimum absolute atomic E-state index is 1.05. The Bertz CT molecular complexity index is 666. The third kappa shape index (κ3) is 1.80. The van der Waals surface area contributed by atoms with E-state index in [0.29, 0.717) is 0 Å². The molecule has 0 radical (unpaired) electrons. The Morgan fingerprint density at radius 1 is 0.882 bits per heavy atom. The van der Waals surface area contributed by atoms with Crippen molar-refractivity contribution < 1.29 is 0 Å². The van der Waals surface area contributed by atoms with E-state index in [9.17, 15) is 0 Å². The summed E-state index contributed by atoms with van der Waals surface area (Å²) in [5.41, 5.74) is 4.83. The van der Waals surface area contributed by atoms with Crippen LogP contribution in [0.25, 0.3) is 22.0 Å². The highest BCUT2D eigenvalue weighted by atomic mass is 14.6. The minimum atomic E-state index is 1.05. The Labute approximate surface area is 101 Å². The maximum absolute atomic E-state index is 4.39. The zero-order chi connectivity index (χ0) is 11.7. The summed E-state index contributed by atoms with van der Waals surface area (Å²) >= 11 is 0. The molecule has 0 atom stereocenters. The molecule has 0 amide bonds. The number of fused-ring (bicyclic) bond motifs is 1. The summed E-state index contributed by atoms with van der Waals surface area (Å²) in [7, 11) is 0. The first kappa shape index (κ1) is 10.0. The fourth-order valence-electron chi connectivity index (χ4n) is 2.17. The monoisotopic (exact) mass is 219 g/mol. The Morgan fingerprint density at radius 2 is 1.76 bits per heavy atom. The van der Waals surface area contributed by atoms with Crippen LogP contribution >= 0.6 is 0 Å². The summed E-state index contributed by atoms with van der Waals surface area (Å²) in [4.78, 5) is 4.39. The largest absolute Gasteiger partial charge is 0.256 e. The molecule has 0 aliphatic heterocycles. The summed E-state index contributed by atoms with van der Waals surface area (Å²) < 4.78 is 0. The molecule has 3 aromatic rings. The van der Waals surface area contributed by atoms with E-state index in [-0.39, 0.29) is 0 Å². The van der Waals surface area contributed by atoms with Crippen molar-refractivity contribution in [2.75, 3.05) is 0 Å². The first-order valence-corrected chi connectivity index (χ1v) is 5.75. The number of aromatic nitrogens is 1. The average molecular weight is 219 g/mol. The van der Waals surface area contributed by atoms with Crippen LogP contribution in [0, 0.1) is 6.92 Å². The predicted molar refractivity (Wildman–Crippen MR) is 71.9 cm³/mol. The molecule has 1 nitrogen and oxygen atoms in total. The molecule has 1 heterocycles. The van der Waals surface area contributed by atoms with Crippen LogP contribution in [0.1, 0.15) is 5.56 Å². The molecular weight excluding hydrogens is 206 g/mol. The van der Waals surface area contributed by atoms with Gasteiger partial charge in [0.15, 0.2) is 0 Å². The molecule has 0 unspecified atom stereocenters. The second kappa shape index (κ2) is 4.02. The van der Waals surface area contributed by atoms with Gasteiger partial charge in [-0.05, 0) is 30.2 Å². The number of nitrogens with zero attached hydrogens (tertiary/aromatic N) is 1. The van der Waals surface area contributed by atoms with Gasteiger partial charge in [0, 0.05) is 11.6 Å². The highest BCUT2D eigenvalue weighted by molar-refractivity contribution is 5.94. The van der Waals surface area contributed by atoms with Crippen LogP contribution in [0.2, 0.25) is 0 Å². The van der Waals surface area contributed by atoms with E-state index < -0.39 is 0 Å². The lowest BCUT2D eigenvalue weighted by Crippen LogP contribution is -1.83. The van der Waals surface area contributed by atoms with Crippen LogP contribution in [0.4, 0.5) is 0 Å². The van der Waals surface area contributed by atoms with Crippen LogP contribution in [0.3, 0.4) is 0 Å². The lowest BCUT2D eigenvalue weighted by atomic mass is 9.99. The molecule has 0 fully saturated rings. The van der Waals surface area contributed by atoms with Crippen molar-refractivity contribution in [2.24, 2.45) is 0 Å². The molecule has 3 rings (SSSR count). The molecule has 0 N–H and O–H groups in total. The molecule has 82 valence electrons. The Morgan fingerprint density at radius 3 is 2.65 bits per heavy atom. The molecule has 0 saturated heterocycles. The highest BCUT2D eigenvalue weighted by Crippen LogP contribution is 2.27. The normalized spacial score (nSPS) is 10.6. The van der Waals surface area contributed by atoms with Gasteiger partial charge in [0.2, 0.25) is 0 Å². The number of benzene rings is 2. The van der Waals surface area contributed by atoms with Gasteiger partial charge in [0.25, 0.3) is 0 Å². The first-order chi connectivity index (χ1) is 8.34. The minimum Gasteiger partial charge on any atom is -0.256 e. The van der Waals surface area contributed by atoms with E-state index in [2.05, 4.69) is 60.4 Å². The second-order valence-electron chi connectivity index (χ2n) is 4.25. The number of pyridine rings is 1. The summed E-state index contributed by atoms with van der Waals surface area (Å²) in [6.07, 6.45) is 1.84. The third-order valence-corrected chi connectivity index (χ3v) is 2.97. The predicted octanol–water partition coefficient (Wildman–Crippen LogP) is 4.21. The number of hydrogen-bond donors (Lipinski definition) is 0. The number of aryl methyl sites for hydroxylation is 1. The summed E-state index contributed by atoms with van der Waals surface area (Å²) in [6, 6.07) is 18.9. The Kier molecular flexibility index (Phi) is 2.37. The molecule has 2 aromatic carbocycles. The van der Waals surface area contributed by atoms with Crippen molar-refractivity contribution in [3.8, 4) is 11.1 Å². The van der Waals surface area contributed by atoms with E-state index in [1.807, 2.05) is 12.3 Å². The second-order valence-corrected chi connectivity index (χ2v) is 4.25. The van der Waals surface area contributed by atoms with Crippen molar-refractivity contribution in [1.82, 2.24) is 4.98 Å². The topological polar surface area (TPSA) is 12.9 Å². The molecule has 1 heteroatoms. The smallest absolute Gasteiger partial charge is 0.0708 e. The van der Waals surface area contributed by atoms with Crippen LogP contribution in [0.5, 0.6) is 0 Å². The molecule has 17 heavy (non-hydrogen) atoms. The highest BCUT2D eigenvalue weighted by Gasteiger charge is 2.03. The van der Waals surface area contributed by atoms with Crippen molar-refractivity contribution in [2.45, 2.75) is 6.92 Å². The van der Waals surface area contributed by atoms with Gasteiger partial charge in [-0.1, -0.05) is 48.0 Å². The maximum Gasteiger partial charge on any atom is 0.0708 e. The zero-order valence-corrected chi connectivity index (χ0v) is 9.72. The van der Waals surface area contributed by atoms with Crippen molar-refractivity contribution in [1.29, 1.82) is 0 Å². The van der Waals surface area contributed by atoms with E-state index in [0.717, 1.165) is 5.52 Å². The van der Waals surface area contributed by atoms with E-state index in [1.165, 1.54) is 22.1 Å². The Hall–Kier alpha value is -2.15. The van der Waals surface area contributed by atoms with E-state index >= 15 is 0 Å². The van der Waals surface area contributed by atoms with Gasteiger partial charge in [-0.25, -0.2) is 0 Å². The molecular formula is C16H13N. The van der Waals surface area contributed by atoms with Gasteiger partial charge in [-0.3, -0.25) is 4.98 Å². The molecule has 0 aliphatic carbocycles. The lowest BCUT2D eigenvalue weighted by Gasteiger charge is -2.06. The molecule has 0 bridgehead atoms. The lowest BCUT2D eigenvalue weighted by molar-refractivity contribution is 1.41. The van der Waals surface area contributed by atoms with Crippen LogP contribution in [-0.4, -0.2) is 4.98 Å². The molecule has 0 saturated carbocycles. The zero-order valence-electron chi connectivity index (χ0n) is 9.72. The molecule has 0 aliphatic rings. The summed E-state index contributed by atoms with van der Waals surface area (Å²) in [5.74, 6) is 0. The summed E-state index contributed by atoms with van der Waals surface area (Å²) in [6.45, 7) is 2.12. The van der Waals surface area contributed by atoms with E-state index in [1.54, 1.807) is 0 Å². The quantitative estimate of drug-likeness (QED) is 0.597. The van der Waals surface area contributed by atoms with Crippen LogP contribution < -0.4 is 0 Å². The van der Waals surface area contributed by atoms with E-state index in [4.69, 9.17) is 0 Å². The standard InChI is InChI=1S/C16H13N/c1-12-5-2-6-13(11-12)14-7-3-9-16-15(14)8-4-10-17-16/h2-11H,1H3. The van der Waals surface area contributed by atoms with Gasteiger partial charge >= 0.3 is 0 Å². The van der Waals surface area contributed by atoms with Gasteiger partial charge in [0.1, 0.15) is 0 Å². The maximum atomic E-state index is 4.39. The van der Waals surface area contributed by atoms with Crippen molar-refractivity contribution >= 4 is 10.9 Å². The third-order valence-electron chi connectivity index (χ3n) is 2.97. The van der Waals surface area contributed by atoms with Crippen molar-refractivity contribution in [3.05, 3.63) is 66.4 Å². The Balaban J connectivity index is 2.30. The van der Waals surface area contributed by atoms with Gasteiger partial charge < -0.3 is 0 Å². The summed E-state index contributed by atoms with van der Waals surface area (Å²) in [5, 5.41) is 1.21. The van der Waals surface area contributed by atoms with Gasteiger partial charge in [-0.2, -0.15) is 0 Å². The molecule has 0 spiro atoms. The average Bonchev–Trinajstić information content (AvgIpc) is 2.38. The first-order valence-electron chi connectivity index (χ1n) is 5.75. The van der Waals surface area contributed by atoms with Crippen LogP contribution in [0.15, 0.2) is 60.8 Å². The fourth-order valence-corrected chi connectivity index (χ4v) is 2.17. The number of rotatable bonds is 1. The SMILES string of the molecule is Cc1cccc(-c2cccc3ncccc23)c1. The van der Waals surface area contributed by atoms with Crippen LogP contribution in [-0.2, 0) is 0 Å². The van der Waals surface area contributed by atoms with Gasteiger partial charge in [0.05, 0.1) is 5.52 Å². The number of hydrogen-bond acceptors (Lipinski definition) is 1.